The van der Waals surface area contributed by atoms with E-state index in [1.54, 1.807) is 11.9 Å². The van der Waals surface area contributed by atoms with Gasteiger partial charge >= 0.3 is 0 Å². The van der Waals surface area contributed by atoms with E-state index in [9.17, 15) is 9.59 Å². The van der Waals surface area contributed by atoms with Gasteiger partial charge in [0.1, 0.15) is 11.8 Å². The van der Waals surface area contributed by atoms with Crippen molar-refractivity contribution in [3.63, 3.8) is 0 Å². The Balaban J connectivity index is 1.88. The predicted molar refractivity (Wildman–Crippen MR) is 139 cm³/mol. The second-order valence-electron chi connectivity index (χ2n) is 8.45. The van der Waals surface area contributed by atoms with E-state index < -0.39 is 6.04 Å². The molecule has 0 aliphatic carbocycles. The Bertz CT molecular complexity index is 1080. The predicted octanol–water partition coefficient (Wildman–Crippen LogP) is 5.34. The summed E-state index contributed by atoms with van der Waals surface area (Å²) >= 11 is 3.45. The van der Waals surface area contributed by atoms with Crippen molar-refractivity contribution in [1.29, 1.82) is 0 Å². The van der Waals surface area contributed by atoms with Crippen LogP contribution in [-0.2, 0) is 22.6 Å². The second-order valence-corrected chi connectivity index (χ2v) is 9.36. The summed E-state index contributed by atoms with van der Waals surface area (Å²) in [6.07, 6.45) is 0.408. The lowest BCUT2D eigenvalue weighted by atomic mass is 10.0. The van der Waals surface area contributed by atoms with Crippen LogP contribution in [-0.4, -0.2) is 36.4 Å². The Labute approximate surface area is 210 Å². The van der Waals surface area contributed by atoms with Gasteiger partial charge in [0.2, 0.25) is 5.91 Å². The Morgan fingerprint density at radius 2 is 1.56 bits per heavy atom. The fraction of sp³-hybridized carbons (Fsp3) is 0.286. The van der Waals surface area contributed by atoms with E-state index in [1.165, 1.54) is 0 Å². The fourth-order valence-corrected chi connectivity index (χ4v) is 4.08. The number of hydrogen-bond donors (Lipinski definition) is 1. The zero-order valence-corrected chi connectivity index (χ0v) is 21.4. The number of benzene rings is 3. The minimum atomic E-state index is -0.674. The summed E-state index contributed by atoms with van der Waals surface area (Å²) in [6.45, 7) is 4.32. The van der Waals surface area contributed by atoms with Crippen LogP contribution < -0.4 is 10.1 Å². The van der Waals surface area contributed by atoms with E-state index in [4.69, 9.17) is 4.74 Å². The Morgan fingerprint density at radius 1 is 0.912 bits per heavy atom. The molecule has 6 heteroatoms. The number of nitrogens with one attached hydrogen (secondary N) is 1. The molecule has 0 saturated heterocycles. The highest BCUT2D eigenvalue weighted by Crippen LogP contribution is 2.26. The van der Waals surface area contributed by atoms with Crippen LogP contribution >= 0.6 is 15.9 Å². The van der Waals surface area contributed by atoms with Crippen molar-refractivity contribution in [2.75, 3.05) is 13.7 Å². The lowest BCUT2D eigenvalue weighted by Gasteiger charge is -2.31. The number of para-hydroxylation sites is 1. The quantitative estimate of drug-likeness (QED) is 0.391. The number of hydrogen-bond acceptors (Lipinski definition) is 3. The van der Waals surface area contributed by atoms with E-state index in [-0.39, 0.29) is 24.3 Å². The van der Waals surface area contributed by atoms with Gasteiger partial charge in [0.15, 0.2) is 6.61 Å². The zero-order valence-electron chi connectivity index (χ0n) is 19.8. The number of likely N-dealkylation sites (N-methyl/N-ethyl adjacent to an activating group) is 1. The maximum absolute atomic E-state index is 13.5. The average Bonchev–Trinajstić information content (AvgIpc) is 2.86. The summed E-state index contributed by atoms with van der Waals surface area (Å²) in [5.74, 6) is 0.499. The Hall–Kier alpha value is -3.12. The molecule has 3 aromatic rings. The topological polar surface area (TPSA) is 58.6 Å². The number of halogens is 1. The molecule has 5 nitrogen and oxygen atoms in total. The number of rotatable bonds is 10. The van der Waals surface area contributed by atoms with Crippen LogP contribution in [0.3, 0.4) is 0 Å². The number of carbonyl (C=O) groups excluding carboxylic acids is 2. The first-order chi connectivity index (χ1) is 16.4. The molecular formula is C28H31BrN2O3. The van der Waals surface area contributed by atoms with Crippen LogP contribution in [0.25, 0.3) is 0 Å². The molecular weight excluding hydrogens is 492 g/mol. The highest BCUT2D eigenvalue weighted by Gasteiger charge is 2.30. The third kappa shape index (κ3) is 6.94. The largest absolute Gasteiger partial charge is 0.483 e. The maximum Gasteiger partial charge on any atom is 0.261 e. The lowest BCUT2D eigenvalue weighted by molar-refractivity contribution is -0.142. The smallest absolute Gasteiger partial charge is 0.261 e. The summed E-state index contributed by atoms with van der Waals surface area (Å²) in [4.78, 5) is 28.1. The molecule has 1 N–H and O–H groups in total. The second kappa shape index (κ2) is 12.4. The molecule has 0 saturated carbocycles. The van der Waals surface area contributed by atoms with Crippen LogP contribution in [0.4, 0.5) is 0 Å². The molecule has 3 aromatic carbocycles. The molecule has 3 rings (SSSR count). The van der Waals surface area contributed by atoms with Gasteiger partial charge in [-0.15, -0.1) is 0 Å². The van der Waals surface area contributed by atoms with Crippen LogP contribution in [0.5, 0.6) is 5.75 Å². The van der Waals surface area contributed by atoms with Gasteiger partial charge in [-0.2, -0.15) is 0 Å². The van der Waals surface area contributed by atoms with E-state index in [0.29, 0.717) is 18.7 Å². The van der Waals surface area contributed by atoms with Crippen molar-refractivity contribution in [2.45, 2.75) is 38.8 Å². The van der Waals surface area contributed by atoms with E-state index >= 15 is 0 Å². The molecule has 0 fully saturated rings. The zero-order chi connectivity index (χ0) is 24.5. The number of carbonyl (C=O) groups is 2. The van der Waals surface area contributed by atoms with Gasteiger partial charge in [0.05, 0.1) is 0 Å². The van der Waals surface area contributed by atoms with Gasteiger partial charge < -0.3 is 15.0 Å². The summed E-state index contributed by atoms with van der Waals surface area (Å²) < 4.78 is 6.93. The molecule has 2 amide bonds. The minimum Gasteiger partial charge on any atom is -0.483 e. The van der Waals surface area contributed by atoms with Crippen molar-refractivity contribution in [3.8, 4) is 5.75 Å². The van der Waals surface area contributed by atoms with Gasteiger partial charge in [-0.25, -0.2) is 0 Å². The molecule has 0 bridgehead atoms. The van der Waals surface area contributed by atoms with Crippen molar-refractivity contribution in [1.82, 2.24) is 10.2 Å². The van der Waals surface area contributed by atoms with Gasteiger partial charge in [0, 0.05) is 24.5 Å². The fourth-order valence-electron chi connectivity index (χ4n) is 3.82. The third-order valence-electron chi connectivity index (χ3n) is 5.68. The van der Waals surface area contributed by atoms with Gasteiger partial charge in [0.25, 0.3) is 5.91 Å². The van der Waals surface area contributed by atoms with E-state index in [2.05, 4.69) is 35.1 Å². The van der Waals surface area contributed by atoms with Crippen molar-refractivity contribution in [3.05, 3.63) is 100 Å². The Kier molecular flexibility index (Phi) is 9.28. The molecule has 178 valence electrons. The highest BCUT2D eigenvalue weighted by atomic mass is 79.9. The molecule has 0 aromatic heterocycles. The first-order valence-corrected chi connectivity index (χ1v) is 12.2. The SMILES string of the molecule is CNC(=O)[C@H](Cc1ccccc1)N(Cc1ccc(Br)cc1)C(=O)COc1ccccc1C(C)C. The van der Waals surface area contributed by atoms with Gasteiger partial charge in [-0.1, -0.05) is 90.4 Å². The first kappa shape index (κ1) is 25.5. The number of ether oxygens (including phenoxy) is 1. The molecule has 0 heterocycles. The van der Waals surface area contributed by atoms with Gasteiger partial charge in [-0.05, 0) is 40.8 Å². The van der Waals surface area contributed by atoms with Crippen LogP contribution in [0.2, 0.25) is 0 Å². The molecule has 0 spiro atoms. The minimum absolute atomic E-state index is 0.150. The lowest BCUT2D eigenvalue weighted by Crippen LogP contribution is -2.51. The summed E-state index contributed by atoms with van der Waals surface area (Å²) in [5, 5.41) is 2.73. The van der Waals surface area contributed by atoms with Crippen molar-refractivity contribution in [2.24, 2.45) is 0 Å². The molecule has 0 radical (unpaired) electrons. The summed E-state index contributed by atoms with van der Waals surface area (Å²) in [5.41, 5.74) is 2.96. The van der Waals surface area contributed by atoms with Crippen molar-refractivity contribution < 1.29 is 14.3 Å². The Morgan fingerprint density at radius 3 is 2.21 bits per heavy atom. The normalized spacial score (nSPS) is 11.7. The first-order valence-electron chi connectivity index (χ1n) is 11.4. The molecule has 34 heavy (non-hydrogen) atoms. The van der Waals surface area contributed by atoms with E-state index in [1.807, 2.05) is 78.9 Å². The number of amides is 2. The molecule has 0 aliphatic rings. The molecule has 0 aliphatic heterocycles. The average molecular weight is 523 g/mol. The van der Waals surface area contributed by atoms with Crippen LogP contribution in [0, 0.1) is 0 Å². The molecule has 0 unspecified atom stereocenters. The van der Waals surface area contributed by atoms with Crippen LogP contribution in [0.1, 0.15) is 36.5 Å². The summed E-state index contributed by atoms with van der Waals surface area (Å²) in [6, 6.07) is 24.6. The van der Waals surface area contributed by atoms with Crippen LogP contribution in [0.15, 0.2) is 83.3 Å². The monoisotopic (exact) mass is 522 g/mol. The maximum atomic E-state index is 13.5. The highest BCUT2D eigenvalue weighted by molar-refractivity contribution is 9.10. The third-order valence-corrected chi connectivity index (χ3v) is 6.20. The standard InChI is InChI=1S/C28H31BrN2O3/c1-20(2)24-11-7-8-12-26(24)34-19-27(32)31(18-22-13-15-23(29)16-14-22)25(28(33)30-3)17-21-9-5-4-6-10-21/h4-16,20,25H,17-19H2,1-3H3,(H,30,33)/t25-/m0/s1. The number of nitrogens with zero attached hydrogens (tertiary/aromatic N) is 1. The van der Waals surface area contributed by atoms with Crippen molar-refractivity contribution >= 4 is 27.7 Å². The summed E-state index contributed by atoms with van der Waals surface area (Å²) in [7, 11) is 1.60. The molecule has 1 atom stereocenters. The van der Waals surface area contributed by atoms with E-state index in [0.717, 1.165) is 21.2 Å². The van der Waals surface area contributed by atoms with Gasteiger partial charge in [-0.3, -0.25) is 9.59 Å².